The van der Waals surface area contributed by atoms with Crippen LogP contribution >= 0.6 is 0 Å². The van der Waals surface area contributed by atoms with Crippen molar-refractivity contribution in [2.75, 3.05) is 26.9 Å². The summed E-state index contributed by atoms with van der Waals surface area (Å²) in [5.74, 6) is 0.817. The van der Waals surface area contributed by atoms with E-state index in [9.17, 15) is 0 Å². The predicted octanol–water partition coefficient (Wildman–Crippen LogP) is 0.954. The monoisotopic (exact) mass is 159 g/mol. The van der Waals surface area contributed by atoms with E-state index in [4.69, 9.17) is 9.57 Å². The van der Waals surface area contributed by atoms with Crippen molar-refractivity contribution < 1.29 is 9.57 Å². The first kappa shape index (κ1) is 8.97. The molecule has 0 aromatic carbocycles. The van der Waals surface area contributed by atoms with E-state index in [0.29, 0.717) is 0 Å². The second-order valence-corrected chi connectivity index (χ2v) is 2.90. The van der Waals surface area contributed by atoms with Crippen molar-refractivity contribution in [2.24, 2.45) is 5.92 Å². The number of hydroxylamine groups is 1. The maximum atomic E-state index is 5.25. The normalized spacial score (nSPS) is 20.5. The van der Waals surface area contributed by atoms with Crippen molar-refractivity contribution >= 4 is 0 Å². The topological polar surface area (TPSA) is 30.5 Å². The Morgan fingerprint density at radius 1 is 1.45 bits per heavy atom. The van der Waals surface area contributed by atoms with Gasteiger partial charge < -0.3 is 9.57 Å². The van der Waals surface area contributed by atoms with Gasteiger partial charge in [0, 0.05) is 20.3 Å². The van der Waals surface area contributed by atoms with Crippen LogP contribution in [0, 0.1) is 5.92 Å². The Hall–Kier alpha value is -0.120. The van der Waals surface area contributed by atoms with Crippen LogP contribution in [0.15, 0.2) is 0 Å². The molecule has 1 aliphatic rings. The first-order chi connectivity index (χ1) is 5.43. The number of hydrogen-bond acceptors (Lipinski definition) is 3. The van der Waals surface area contributed by atoms with Gasteiger partial charge in [0.1, 0.15) is 0 Å². The summed E-state index contributed by atoms with van der Waals surface area (Å²) in [5, 5.41) is 0. The maximum absolute atomic E-state index is 5.25. The highest BCUT2D eigenvalue weighted by Gasteiger charge is 2.12. The molecular formula is C8H17NO2. The second-order valence-electron chi connectivity index (χ2n) is 2.90. The van der Waals surface area contributed by atoms with E-state index in [2.05, 4.69) is 5.48 Å². The van der Waals surface area contributed by atoms with Gasteiger partial charge in [-0.2, -0.15) is 0 Å². The predicted molar refractivity (Wildman–Crippen MR) is 43.2 cm³/mol. The molecule has 0 aromatic heterocycles. The van der Waals surface area contributed by atoms with Crippen molar-refractivity contribution in [3.8, 4) is 0 Å². The van der Waals surface area contributed by atoms with Crippen LogP contribution in [0.3, 0.4) is 0 Å². The number of nitrogens with one attached hydrogen (secondary N) is 1. The molecule has 1 N–H and O–H groups in total. The molecule has 0 aliphatic carbocycles. The summed E-state index contributed by atoms with van der Waals surface area (Å²) >= 11 is 0. The molecule has 0 spiro atoms. The summed E-state index contributed by atoms with van der Waals surface area (Å²) in [4.78, 5) is 5.05. The lowest BCUT2D eigenvalue weighted by Gasteiger charge is -2.21. The van der Waals surface area contributed by atoms with Crippen LogP contribution < -0.4 is 5.48 Å². The van der Waals surface area contributed by atoms with Gasteiger partial charge in [0.05, 0.1) is 6.61 Å². The zero-order valence-corrected chi connectivity index (χ0v) is 7.14. The Morgan fingerprint density at radius 3 is 2.82 bits per heavy atom. The molecule has 3 nitrogen and oxygen atoms in total. The lowest BCUT2D eigenvalue weighted by molar-refractivity contribution is 0.0226. The zero-order chi connectivity index (χ0) is 7.94. The molecule has 0 amide bonds. The lowest BCUT2D eigenvalue weighted by atomic mass is 9.97. The molecule has 0 unspecified atom stereocenters. The van der Waals surface area contributed by atoms with Crippen LogP contribution in [0.5, 0.6) is 0 Å². The van der Waals surface area contributed by atoms with Gasteiger partial charge >= 0.3 is 0 Å². The Labute approximate surface area is 68.0 Å². The van der Waals surface area contributed by atoms with Gasteiger partial charge in [-0.15, -0.1) is 0 Å². The van der Waals surface area contributed by atoms with Crippen molar-refractivity contribution in [3.63, 3.8) is 0 Å². The second kappa shape index (κ2) is 5.52. The van der Waals surface area contributed by atoms with Crippen molar-refractivity contribution in [1.29, 1.82) is 0 Å². The highest BCUT2D eigenvalue weighted by molar-refractivity contribution is 4.62. The van der Waals surface area contributed by atoms with Gasteiger partial charge in [-0.1, -0.05) is 0 Å². The van der Waals surface area contributed by atoms with Crippen LogP contribution in [0.1, 0.15) is 19.3 Å². The average molecular weight is 159 g/mol. The average Bonchev–Trinajstić information content (AvgIpc) is 2.07. The van der Waals surface area contributed by atoms with Gasteiger partial charge in [0.2, 0.25) is 0 Å². The highest BCUT2D eigenvalue weighted by Crippen LogP contribution is 2.17. The minimum atomic E-state index is 0.817. The molecule has 1 saturated heterocycles. The van der Waals surface area contributed by atoms with Crippen LogP contribution in [0.2, 0.25) is 0 Å². The summed E-state index contributed by atoms with van der Waals surface area (Å²) < 4.78 is 5.25. The minimum Gasteiger partial charge on any atom is -0.381 e. The maximum Gasteiger partial charge on any atom is 0.0684 e. The van der Waals surface area contributed by atoms with E-state index in [0.717, 1.165) is 32.2 Å². The highest BCUT2D eigenvalue weighted by atomic mass is 16.6. The van der Waals surface area contributed by atoms with Gasteiger partial charge in [0.15, 0.2) is 0 Å². The standard InChI is InChI=1S/C8H17NO2/c1-9-11-7-4-8-2-5-10-6-3-8/h8-9H,2-7H2,1H3. The third-order valence-corrected chi connectivity index (χ3v) is 2.11. The van der Waals surface area contributed by atoms with E-state index < -0.39 is 0 Å². The zero-order valence-electron chi connectivity index (χ0n) is 7.14. The fourth-order valence-corrected chi connectivity index (χ4v) is 1.36. The molecule has 0 bridgehead atoms. The third kappa shape index (κ3) is 3.70. The fourth-order valence-electron chi connectivity index (χ4n) is 1.36. The fraction of sp³-hybridized carbons (Fsp3) is 1.00. The molecule has 66 valence electrons. The summed E-state index contributed by atoms with van der Waals surface area (Å²) in [6, 6.07) is 0. The quantitative estimate of drug-likeness (QED) is 0.489. The van der Waals surface area contributed by atoms with Gasteiger partial charge in [0.25, 0.3) is 0 Å². The Bertz CT molecular complexity index is 92.1. The van der Waals surface area contributed by atoms with Gasteiger partial charge in [-0.05, 0) is 25.2 Å². The van der Waals surface area contributed by atoms with Crippen LogP contribution in [-0.4, -0.2) is 26.9 Å². The molecule has 1 aliphatic heterocycles. The molecule has 1 rings (SSSR count). The van der Waals surface area contributed by atoms with Crippen LogP contribution in [0.25, 0.3) is 0 Å². The Kier molecular flexibility index (Phi) is 4.50. The Balaban J connectivity index is 1.96. The van der Waals surface area contributed by atoms with Gasteiger partial charge in [-0.25, -0.2) is 5.48 Å². The lowest BCUT2D eigenvalue weighted by Crippen LogP contribution is -2.18. The van der Waals surface area contributed by atoms with Gasteiger partial charge in [-0.3, -0.25) is 0 Å². The molecule has 0 radical (unpaired) electrons. The number of hydrogen-bond donors (Lipinski definition) is 1. The largest absolute Gasteiger partial charge is 0.381 e. The first-order valence-corrected chi connectivity index (χ1v) is 4.29. The molecule has 11 heavy (non-hydrogen) atoms. The van der Waals surface area contributed by atoms with E-state index in [1.54, 1.807) is 7.05 Å². The molecular weight excluding hydrogens is 142 g/mol. The SMILES string of the molecule is CNOCCC1CCOCC1. The summed E-state index contributed by atoms with van der Waals surface area (Å²) in [6.07, 6.45) is 3.56. The molecule has 0 atom stereocenters. The van der Waals surface area contributed by atoms with E-state index in [1.807, 2.05) is 0 Å². The van der Waals surface area contributed by atoms with Crippen LogP contribution in [0.4, 0.5) is 0 Å². The van der Waals surface area contributed by atoms with Crippen LogP contribution in [-0.2, 0) is 9.57 Å². The third-order valence-electron chi connectivity index (χ3n) is 2.11. The summed E-state index contributed by atoms with van der Waals surface area (Å²) in [6.45, 7) is 2.69. The Morgan fingerprint density at radius 2 is 2.18 bits per heavy atom. The molecule has 3 heteroatoms. The molecule has 1 heterocycles. The molecule has 1 fully saturated rings. The smallest absolute Gasteiger partial charge is 0.0684 e. The summed E-state index contributed by atoms with van der Waals surface area (Å²) in [7, 11) is 1.80. The number of rotatable bonds is 4. The number of ether oxygens (including phenoxy) is 1. The van der Waals surface area contributed by atoms with E-state index in [1.165, 1.54) is 12.8 Å². The molecule has 0 saturated carbocycles. The summed E-state index contributed by atoms with van der Waals surface area (Å²) in [5.41, 5.74) is 2.68. The minimum absolute atomic E-state index is 0.817. The van der Waals surface area contributed by atoms with Crippen molar-refractivity contribution in [2.45, 2.75) is 19.3 Å². The van der Waals surface area contributed by atoms with Crippen molar-refractivity contribution in [3.05, 3.63) is 0 Å². The first-order valence-electron chi connectivity index (χ1n) is 4.29. The molecule has 0 aromatic rings. The van der Waals surface area contributed by atoms with E-state index in [-0.39, 0.29) is 0 Å². The van der Waals surface area contributed by atoms with E-state index >= 15 is 0 Å². The van der Waals surface area contributed by atoms with Crippen molar-refractivity contribution in [1.82, 2.24) is 5.48 Å².